The number of aromatic amines is 1. The van der Waals surface area contributed by atoms with E-state index in [1.54, 1.807) is 13.3 Å². The molecule has 1 aliphatic heterocycles. The maximum Gasteiger partial charge on any atom is 0.227 e. The summed E-state index contributed by atoms with van der Waals surface area (Å²) in [6, 6.07) is 0.122. The third-order valence-corrected chi connectivity index (χ3v) is 5.17. The number of pyridine rings is 1. The molecule has 4 N–H and O–H groups in total. The molecular weight excluding hydrogens is 382 g/mol. The highest BCUT2D eigenvalue weighted by molar-refractivity contribution is 6.08. The van der Waals surface area contributed by atoms with E-state index < -0.39 is 0 Å². The second-order valence-electron chi connectivity index (χ2n) is 7.35. The summed E-state index contributed by atoms with van der Waals surface area (Å²) in [5.41, 5.74) is 8.65. The van der Waals surface area contributed by atoms with Gasteiger partial charge in [0, 0.05) is 38.4 Å². The Labute approximate surface area is 170 Å². The number of H-pyrrole nitrogens is 1. The number of amides is 1. The van der Waals surface area contributed by atoms with E-state index in [2.05, 4.69) is 20.2 Å². The highest BCUT2D eigenvalue weighted by Crippen LogP contribution is 2.41. The first kappa shape index (κ1) is 20.7. The average Bonchev–Trinajstić information content (AvgIpc) is 3.44. The molecule has 9 heteroatoms. The van der Waals surface area contributed by atoms with Gasteiger partial charge in [0.2, 0.25) is 5.91 Å². The Morgan fingerprint density at radius 3 is 2.93 bits per heavy atom. The number of carbonyl (C=O) groups is 1. The Balaban J connectivity index is 0.00000225. The number of aromatic nitrogens is 2. The van der Waals surface area contributed by atoms with Crippen molar-refractivity contribution in [2.45, 2.75) is 31.7 Å². The van der Waals surface area contributed by atoms with Crippen LogP contribution in [0.2, 0.25) is 0 Å². The number of hydrogen-bond acceptors (Lipinski definition) is 6. The van der Waals surface area contributed by atoms with Gasteiger partial charge in [-0.05, 0) is 25.7 Å². The molecule has 28 heavy (non-hydrogen) atoms. The lowest BCUT2D eigenvalue weighted by molar-refractivity contribution is -0.117. The van der Waals surface area contributed by atoms with Crippen LogP contribution in [0.5, 0.6) is 5.75 Å². The van der Waals surface area contributed by atoms with Gasteiger partial charge >= 0.3 is 0 Å². The van der Waals surface area contributed by atoms with E-state index in [4.69, 9.17) is 15.2 Å². The summed E-state index contributed by atoms with van der Waals surface area (Å²) in [7, 11) is 1.65. The molecule has 0 aromatic carbocycles. The summed E-state index contributed by atoms with van der Waals surface area (Å²) in [6.07, 6.45) is 7.51. The van der Waals surface area contributed by atoms with E-state index in [-0.39, 0.29) is 30.3 Å². The van der Waals surface area contributed by atoms with Crippen LogP contribution >= 0.6 is 12.4 Å². The molecule has 0 radical (unpaired) electrons. The van der Waals surface area contributed by atoms with Gasteiger partial charge in [-0.2, -0.15) is 0 Å². The highest BCUT2D eigenvalue weighted by Gasteiger charge is 2.31. The lowest BCUT2D eigenvalue weighted by Gasteiger charge is -2.34. The molecule has 0 spiro atoms. The Hall–Kier alpha value is -2.03. The number of anilines is 2. The van der Waals surface area contributed by atoms with E-state index in [1.807, 2.05) is 6.20 Å². The SMILES string of the molecule is COCCOc1cnc2[nH]cc(NC(=O)C3CC3)c2c1N1CCCC(N)C1.Cl. The van der Waals surface area contributed by atoms with Crippen molar-refractivity contribution in [3.63, 3.8) is 0 Å². The minimum Gasteiger partial charge on any atom is -0.487 e. The minimum atomic E-state index is 0. The fourth-order valence-corrected chi connectivity index (χ4v) is 3.61. The number of fused-ring (bicyclic) bond motifs is 1. The molecule has 1 unspecified atom stereocenters. The maximum absolute atomic E-state index is 12.3. The predicted molar refractivity (Wildman–Crippen MR) is 111 cm³/mol. The molecule has 4 rings (SSSR count). The van der Waals surface area contributed by atoms with Gasteiger partial charge in [-0.15, -0.1) is 12.4 Å². The predicted octanol–water partition coefficient (Wildman–Crippen LogP) is 2.29. The zero-order chi connectivity index (χ0) is 18.8. The van der Waals surface area contributed by atoms with Crippen LogP contribution in [0.15, 0.2) is 12.4 Å². The highest BCUT2D eigenvalue weighted by atomic mass is 35.5. The van der Waals surface area contributed by atoms with Crippen LogP contribution in [0.1, 0.15) is 25.7 Å². The lowest BCUT2D eigenvalue weighted by Crippen LogP contribution is -2.43. The fraction of sp³-hybridized carbons (Fsp3) is 0.579. The third-order valence-electron chi connectivity index (χ3n) is 5.17. The second-order valence-corrected chi connectivity index (χ2v) is 7.35. The number of carbonyl (C=O) groups excluding carboxylic acids is 1. The molecule has 0 bridgehead atoms. The quantitative estimate of drug-likeness (QED) is 0.606. The molecule has 2 aromatic rings. The fourth-order valence-electron chi connectivity index (χ4n) is 3.61. The summed E-state index contributed by atoms with van der Waals surface area (Å²) >= 11 is 0. The Bertz CT molecular complexity index is 823. The summed E-state index contributed by atoms with van der Waals surface area (Å²) in [6.45, 7) is 2.58. The minimum absolute atomic E-state index is 0. The van der Waals surface area contributed by atoms with Gasteiger partial charge in [0.1, 0.15) is 12.3 Å². The first-order valence-electron chi connectivity index (χ1n) is 9.60. The number of halogens is 1. The summed E-state index contributed by atoms with van der Waals surface area (Å²) < 4.78 is 11.1. The number of nitrogens with one attached hydrogen (secondary N) is 2. The molecule has 2 aliphatic rings. The molecule has 1 atom stereocenters. The van der Waals surface area contributed by atoms with E-state index in [1.165, 1.54) is 0 Å². The molecule has 1 aliphatic carbocycles. The normalized spacial score (nSPS) is 19.4. The molecule has 8 nitrogen and oxygen atoms in total. The molecule has 2 fully saturated rings. The van der Waals surface area contributed by atoms with E-state index in [0.29, 0.717) is 19.0 Å². The number of piperidine rings is 1. The number of nitrogens with two attached hydrogens (primary N) is 1. The van der Waals surface area contributed by atoms with Crippen LogP contribution in [0.4, 0.5) is 11.4 Å². The van der Waals surface area contributed by atoms with Gasteiger partial charge in [0.15, 0.2) is 5.75 Å². The van der Waals surface area contributed by atoms with Crippen LogP contribution in [0.25, 0.3) is 11.0 Å². The number of ether oxygens (including phenoxy) is 2. The molecular formula is C19H28ClN5O3. The molecule has 2 aromatic heterocycles. The molecule has 154 valence electrons. The third kappa shape index (κ3) is 4.34. The topological polar surface area (TPSA) is 106 Å². The molecule has 1 saturated heterocycles. The number of hydrogen-bond donors (Lipinski definition) is 3. The van der Waals surface area contributed by atoms with Gasteiger partial charge < -0.3 is 30.4 Å². The first-order chi connectivity index (χ1) is 13.2. The Morgan fingerprint density at radius 2 is 2.21 bits per heavy atom. The lowest BCUT2D eigenvalue weighted by atomic mass is 10.0. The van der Waals surface area contributed by atoms with Crippen molar-refractivity contribution in [1.82, 2.24) is 9.97 Å². The second kappa shape index (κ2) is 8.98. The summed E-state index contributed by atoms with van der Waals surface area (Å²) in [5, 5.41) is 3.95. The van der Waals surface area contributed by atoms with Crippen LogP contribution < -0.4 is 20.7 Å². The van der Waals surface area contributed by atoms with Crippen molar-refractivity contribution in [1.29, 1.82) is 0 Å². The molecule has 3 heterocycles. The molecule has 1 amide bonds. The van der Waals surface area contributed by atoms with E-state index >= 15 is 0 Å². The largest absolute Gasteiger partial charge is 0.487 e. The Kier molecular flexibility index (Phi) is 6.64. The van der Waals surface area contributed by atoms with Gasteiger partial charge in [0.05, 0.1) is 29.6 Å². The van der Waals surface area contributed by atoms with Gasteiger partial charge in [-0.1, -0.05) is 0 Å². The monoisotopic (exact) mass is 409 g/mol. The first-order valence-corrected chi connectivity index (χ1v) is 9.60. The van der Waals surface area contributed by atoms with Gasteiger partial charge in [-0.3, -0.25) is 4.79 Å². The van der Waals surface area contributed by atoms with E-state index in [9.17, 15) is 4.79 Å². The summed E-state index contributed by atoms with van der Waals surface area (Å²) in [4.78, 5) is 22.2. The average molecular weight is 410 g/mol. The van der Waals surface area contributed by atoms with Crippen molar-refractivity contribution < 1.29 is 14.3 Å². The molecule has 1 saturated carbocycles. The number of rotatable bonds is 7. The van der Waals surface area contributed by atoms with Crippen molar-refractivity contribution in [3.05, 3.63) is 12.4 Å². The van der Waals surface area contributed by atoms with Crippen LogP contribution in [-0.2, 0) is 9.53 Å². The maximum atomic E-state index is 12.3. The van der Waals surface area contributed by atoms with Crippen molar-refractivity contribution in [2.75, 3.05) is 43.6 Å². The zero-order valence-electron chi connectivity index (χ0n) is 16.1. The smallest absolute Gasteiger partial charge is 0.227 e. The van der Waals surface area contributed by atoms with Crippen molar-refractivity contribution in [2.24, 2.45) is 11.7 Å². The van der Waals surface area contributed by atoms with Crippen LogP contribution in [-0.4, -0.2) is 55.3 Å². The van der Waals surface area contributed by atoms with Crippen molar-refractivity contribution in [3.8, 4) is 5.75 Å². The van der Waals surface area contributed by atoms with Crippen molar-refractivity contribution >= 4 is 40.7 Å². The summed E-state index contributed by atoms with van der Waals surface area (Å²) in [5.74, 6) is 0.897. The zero-order valence-corrected chi connectivity index (χ0v) is 16.9. The van der Waals surface area contributed by atoms with Gasteiger partial charge in [0.25, 0.3) is 0 Å². The van der Waals surface area contributed by atoms with E-state index in [0.717, 1.165) is 61.2 Å². The van der Waals surface area contributed by atoms with Gasteiger partial charge in [-0.25, -0.2) is 4.98 Å². The number of methoxy groups -OCH3 is 1. The standard InChI is InChI=1S/C19H27N5O3.ClH/c1-26-7-8-27-15-10-22-18-16(17(15)24-6-2-3-13(20)11-24)14(9-21-18)23-19(25)12-4-5-12;/h9-10,12-13H,2-8,11,20H2,1H3,(H,21,22)(H,23,25);1H. The van der Waals surface area contributed by atoms with Crippen LogP contribution in [0.3, 0.4) is 0 Å². The Morgan fingerprint density at radius 1 is 1.39 bits per heavy atom. The number of nitrogens with zero attached hydrogens (tertiary/aromatic N) is 2. The van der Waals surface area contributed by atoms with Crippen LogP contribution in [0, 0.1) is 5.92 Å².